The molecule has 4 nitrogen and oxygen atoms in total. The molecule has 0 bridgehead atoms. The fraction of sp³-hybridized carbons (Fsp3) is 0.400. The molecule has 0 unspecified atom stereocenters. The zero-order valence-corrected chi connectivity index (χ0v) is 11.5. The van der Waals surface area contributed by atoms with E-state index in [9.17, 15) is 4.79 Å². The Morgan fingerprint density at radius 2 is 2.26 bits per heavy atom. The number of H-pyrrole nitrogens is 1. The second kappa shape index (κ2) is 6.38. The van der Waals surface area contributed by atoms with E-state index < -0.39 is 0 Å². The van der Waals surface area contributed by atoms with Gasteiger partial charge in [0.2, 0.25) is 0 Å². The molecular formula is C15H20N2O2. The third-order valence-electron chi connectivity index (χ3n) is 3.13. The summed E-state index contributed by atoms with van der Waals surface area (Å²) >= 11 is 0. The van der Waals surface area contributed by atoms with Crippen LogP contribution in [-0.4, -0.2) is 31.2 Å². The molecule has 0 aliphatic heterocycles. The monoisotopic (exact) mass is 260 g/mol. The molecule has 0 saturated heterocycles. The van der Waals surface area contributed by atoms with E-state index in [0.29, 0.717) is 13.0 Å². The van der Waals surface area contributed by atoms with Gasteiger partial charge in [-0.15, -0.1) is 0 Å². The van der Waals surface area contributed by atoms with E-state index >= 15 is 0 Å². The summed E-state index contributed by atoms with van der Waals surface area (Å²) in [6.45, 7) is 3.19. The van der Waals surface area contributed by atoms with Gasteiger partial charge in [-0.05, 0) is 50.2 Å². The van der Waals surface area contributed by atoms with Gasteiger partial charge in [0.05, 0.1) is 13.0 Å². The van der Waals surface area contributed by atoms with E-state index in [2.05, 4.69) is 16.4 Å². The van der Waals surface area contributed by atoms with Gasteiger partial charge in [-0.3, -0.25) is 4.79 Å². The van der Waals surface area contributed by atoms with Crippen LogP contribution in [0.4, 0.5) is 0 Å². The maximum Gasteiger partial charge on any atom is 0.310 e. The van der Waals surface area contributed by atoms with Crippen LogP contribution in [0.5, 0.6) is 0 Å². The van der Waals surface area contributed by atoms with Crippen LogP contribution in [0.3, 0.4) is 0 Å². The van der Waals surface area contributed by atoms with E-state index in [1.165, 1.54) is 10.9 Å². The van der Waals surface area contributed by atoms with Crippen LogP contribution in [0, 0.1) is 0 Å². The smallest absolute Gasteiger partial charge is 0.310 e. The number of ether oxygens (including phenoxy) is 1. The van der Waals surface area contributed by atoms with Crippen LogP contribution in [0.15, 0.2) is 24.4 Å². The second-order valence-corrected chi connectivity index (χ2v) is 4.53. The number of nitrogens with one attached hydrogen (secondary N) is 2. The molecule has 2 rings (SSSR count). The molecule has 102 valence electrons. The Hall–Kier alpha value is -1.81. The average Bonchev–Trinajstić information content (AvgIpc) is 2.79. The van der Waals surface area contributed by atoms with Crippen molar-refractivity contribution >= 4 is 16.9 Å². The summed E-state index contributed by atoms with van der Waals surface area (Å²) < 4.78 is 4.98. The molecule has 2 aromatic rings. The standard InChI is InChI=1S/C15H20N2O2/c1-3-19-15(18)9-11-4-5-14-13(8-11)12(10-17-14)6-7-16-2/h4-5,8,10,16-17H,3,6-7,9H2,1-2H3. The third kappa shape index (κ3) is 3.35. The predicted molar refractivity (Wildman–Crippen MR) is 76.3 cm³/mol. The summed E-state index contributed by atoms with van der Waals surface area (Å²) in [5.74, 6) is -0.172. The van der Waals surface area contributed by atoms with Crippen molar-refractivity contribution in [2.75, 3.05) is 20.2 Å². The highest BCUT2D eigenvalue weighted by Crippen LogP contribution is 2.20. The van der Waals surface area contributed by atoms with Crippen LogP contribution in [0.1, 0.15) is 18.1 Å². The molecule has 4 heteroatoms. The molecule has 1 aromatic heterocycles. The van der Waals surface area contributed by atoms with Gasteiger partial charge in [0.25, 0.3) is 0 Å². The number of aromatic nitrogens is 1. The fourth-order valence-electron chi connectivity index (χ4n) is 2.18. The molecular weight excluding hydrogens is 240 g/mol. The third-order valence-corrected chi connectivity index (χ3v) is 3.13. The lowest BCUT2D eigenvalue weighted by molar-refractivity contribution is -0.142. The molecule has 19 heavy (non-hydrogen) atoms. The molecule has 0 atom stereocenters. The topological polar surface area (TPSA) is 54.1 Å². The van der Waals surface area contributed by atoms with Crippen LogP contribution in [0.25, 0.3) is 10.9 Å². The predicted octanol–water partition coefficient (Wildman–Crippen LogP) is 2.04. The van der Waals surface area contributed by atoms with Crippen LogP contribution >= 0.6 is 0 Å². The number of likely N-dealkylation sites (N-methyl/N-ethyl adjacent to an activating group) is 1. The highest BCUT2D eigenvalue weighted by atomic mass is 16.5. The number of hydrogen-bond acceptors (Lipinski definition) is 3. The first-order chi connectivity index (χ1) is 9.24. The maximum absolute atomic E-state index is 11.5. The summed E-state index contributed by atoms with van der Waals surface area (Å²) in [5.41, 5.74) is 3.38. The minimum absolute atomic E-state index is 0.172. The zero-order valence-electron chi connectivity index (χ0n) is 11.5. The first-order valence-corrected chi connectivity index (χ1v) is 6.63. The number of carbonyl (C=O) groups excluding carboxylic acids is 1. The Bertz CT molecular complexity index is 560. The lowest BCUT2D eigenvalue weighted by Crippen LogP contribution is -2.10. The minimum atomic E-state index is -0.172. The fourth-order valence-corrected chi connectivity index (χ4v) is 2.18. The average molecular weight is 260 g/mol. The van der Waals surface area contributed by atoms with Crippen molar-refractivity contribution in [3.63, 3.8) is 0 Å². The van der Waals surface area contributed by atoms with Crippen molar-refractivity contribution in [2.45, 2.75) is 19.8 Å². The number of benzene rings is 1. The Labute approximate surface area is 113 Å². The SMILES string of the molecule is CCOC(=O)Cc1ccc2[nH]cc(CCNC)c2c1. The van der Waals surface area contributed by atoms with E-state index in [0.717, 1.165) is 24.0 Å². The number of esters is 1. The lowest BCUT2D eigenvalue weighted by atomic mass is 10.1. The van der Waals surface area contributed by atoms with Crippen molar-refractivity contribution in [1.29, 1.82) is 0 Å². The lowest BCUT2D eigenvalue weighted by Gasteiger charge is -2.03. The van der Waals surface area contributed by atoms with Gasteiger partial charge in [-0.25, -0.2) is 0 Å². The van der Waals surface area contributed by atoms with E-state index in [4.69, 9.17) is 4.74 Å². The van der Waals surface area contributed by atoms with Crippen molar-refractivity contribution in [2.24, 2.45) is 0 Å². The summed E-state index contributed by atoms with van der Waals surface area (Å²) in [4.78, 5) is 14.8. The number of aromatic amines is 1. The highest BCUT2D eigenvalue weighted by Gasteiger charge is 2.08. The summed E-state index contributed by atoms with van der Waals surface area (Å²) in [6.07, 6.45) is 3.34. The molecule has 1 aromatic carbocycles. The Morgan fingerprint density at radius 3 is 3.00 bits per heavy atom. The highest BCUT2D eigenvalue weighted by molar-refractivity contribution is 5.85. The summed E-state index contributed by atoms with van der Waals surface area (Å²) in [5, 5.41) is 4.34. The number of fused-ring (bicyclic) bond motifs is 1. The Balaban J connectivity index is 2.20. The van der Waals surface area contributed by atoms with E-state index in [1.807, 2.05) is 32.3 Å². The largest absolute Gasteiger partial charge is 0.466 e. The molecule has 0 spiro atoms. The molecule has 0 aliphatic carbocycles. The van der Waals surface area contributed by atoms with Crippen LogP contribution < -0.4 is 5.32 Å². The quantitative estimate of drug-likeness (QED) is 0.781. The Kier molecular flexibility index (Phi) is 4.58. The first kappa shape index (κ1) is 13.6. The van der Waals surface area contributed by atoms with Gasteiger partial charge in [-0.2, -0.15) is 0 Å². The van der Waals surface area contributed by atoms with Gasteiger partial charge in [0.1, 0.15) is 0 Å². The number of carbonyl (C=O) groups is 1. The van der Waals surface area contributed by atoms with Gasteiger partial charge >= 0.3 is 5.97 Å². The number of rotatable bonds is 6. The molecule has 0 saturated carbocycles. The molecule has 0 aliphatic rings. The van der Waals surface area contributed by atoms with Crippen molar-refractivity contribution in [3.05, 3.63) is 35.5 Å². The zero-order chi connectivity index (χ0) is 13.7. The minimum Gasteiger partial charge on any atom is -0.466 e. The molecule has 0 amide bonds. The summed E-state index contributed by atoms with van der Waals surface area (Å²) in [6, 6.07) is 6.07. The number of hydrogen-bond donors (Lipinski definition) is 2. The normalized spacial score (nSPS) is 10.8. The Morgan fingerprint density at radius 1 is 1.42 bits per heavy atom. The van der Waals surface area contributed by atoms with Crippen LogP contribution in [0.2, 0.25) is 0 Å². The summed E-state index contributed by atoms with van der Waals surface area (Å²) in [7, 11) is 1.95. The van der Waals surface area contributed by atoms with Gasteiger partial charge in [0.15, 0.2) is 0 Å². The van der Waals surface area contributed by atoms with E-state index in [-0.39, 0.29) is 5.97 Å². The molecule has 1 heterocycles. The maximum atomic E-state index is 11.5. The van der Waals surface area contributed by atoms with Crippen molar-refractivity contribution in [3.8, 4) is 0 Å². The molecule has 0 fully saturated rings. The molecule has 2 N–H and O–H groups in total. The van der Waals surface area contributed by atoms with Gasteiger partial charge < -0.3 is 15.0 Å². The van der Waals surface area contributed by atoms with Crippen molar-refractivity contribution < 1.29 is 9.53 Å². The first-order valence-electron chi connectivity index (χ1n) is 6.63. The van der Waals surface area contributed by atoms with Crippen LogP contribution in [-0.2, 0) is 22.4 Å². The molecule has 0 radical (unpaired) electrons. The second-order valence-electron chi connectivity index (χ2n) is 4.53. The van der Waals surface area contributed by atoms with Gasteiger partial charge in [-0.1, -0.05) is 6.07 Å². The van der Waals surface area contributed by atoms with Crippen molar-refractivity contribution in [1.82, 2.24) is 10.3 Å². The van der Waals surface area contributed by atoms with E-state index in [1.54, 1.807) is 0 Å². The van der Waals surface area contributed by atoms with Gasteiger partial charge in [0, 0.05) is 17.1 Å².